The van der Waals surface area contributed by atoms with Gasteiger partial charge in [-0.1, -0.05) is 0 Å². The van der Waals surface area contributed by atoms with Gasteiger partial charge in [0.15, 0.2) is 0 Å². The Hall–Kier alpha value is -0.120. The van der Waals surface area contributed by atoms with Crippen molar-refractivity contribution in [3.05, 3.63) is 0 Å². The van der Waals surface area contributed by atoms with Crippen molar-refractivity contribution in [2.24, 2.45) is 5.92 Å². The van der Waals surface area contributed by atoms with E-state index >= 15 is 0 Å². The van der Waals surface area contributed by atoms with Crippen molar-refractivity contribution >= 4 is 0 Å². The van der Waals surface area contributed by atoms with Crippen LogP contribution in [0.25, 0.3) is 0 Å². The summed E-state index contributed by atoms with van der Waals surface area (Å²) in [7, 11) is 0. The third-order valence-corrected chi connectivity index (χ3v) is 3.91. The predicted molar refractivity (Wildman–Crippen MR) is 62.0 cm³/mol. The number of nitrogens with one attached hydrogen (secondary N) is 1. The molecule has 1 N–H and O–H groups in total. The first kappa shape index (κ1) is 11.4. The molecule has 2 saturated heterocycles. The fourth-order valence-corrected chi connectivity index (χ4v) is 2.66. The fourth-order valence-electron chi connectivity index (χ4n) is 2.66. The summed E-state index contributed by atoms with van der Waals surface area (Å²) >= 11 is 0. The Bertz CT molecular complexity index is 192. The summed E-state index contributed by atoms with van der Waals surface area (Å²) in [6.45, 7) is 10.2. The van der Waals surface area contributed by atoms with Gasteiger partial charge in [0.1, 0.15) is 0 Å². The van der Waals surface area contributed by atoms with E-state index in [1.807, 2.05) is 0 Å². The molecule has 3 heteroatoms. The molecule has 2 heterocycles. The zero-order chi connectivity index (χ0) is 10.7. The average molecular weight is 212 g/mol. The first-order valence-electron chi connectivity index (χ1n) is 6.33. The molecule has 0 spiro atoms. The van der Waals surface area contributed by atoms with Crippen LogP contribution in [0.15, 0.2) is 0 Å². The van der Waals surface area contributed by atoms with Crippen molar-refractivity contribution in [3.8, 4) is 0 Å². The summed E-state index contributed by atoms with van der Waals surface area (Å²) in [6.07, 6.45) is 3.14. The van der Waals surface area contributed by atoms with Crippen molar-refractivity contribution in [2.45, 2.75) is 38.8 Å². The van der Waals surface area contributed by atoms with Gasteiger partial charge >= 0.3 is 0 Å². The monoisotopic (exact) mass is 212 g/mol. The molecule has 0 saturated carbocycles. The van der Waals surface area contributed by atoms with Crippen LogP contribution in [-0.4, -0.2) is 49.8 Å². The highest BCUT2D eigenvalue weighted by Gasteiger charge is 2.27. The lowest BCUT2D eigenvalue weighted by atomic mass is 9.97. The molecule has 2 aliphatic rings. The van der Waals surface area contributed by atoms with Crippen molar-refractivity contribution in [1.82, 2.24) is 10.2 Å². The Morgan fingerprint density at radius 2 is 2.27 bits per heavy atom. The quantitative estimate of drug-likeness (QED) is 0.742. The number of rotatable bonds is 2. The first-order chi connectivity index (χ1) is 7.27. The summed E-state index contributed by atoms with van der Waals surface area (Å²) in [5.74, 6) is 0.853. The molecule has 0 bridgehead atoms. The first-order valence-corrected chi connectivity index (χ1v) is 6.33. The number of morpholine rings is 1. The number of piperidine rings is 1. The van der Waals surface area contributed by atoms with Gasteiger partial charge in [-0.2, -0.15) is 0 Å². The maximum Gasteiger partial charge on any atom is 0.0700 e. The van der Waals surface area contributed by atoms with Crippen molar-refractivity contribution in [1.29, 1.82) is 0 Å². The summed E-state index contributed by atoms with van der Waals surface area (Å²) in [5, 5.41) is 3.49. The summed E-state index contributed by atoms with van der Waals surface area (Å²) in [6, 6.07) is 0.584. The standard InChI is InChI=1S/C12H24N2O/c1-10-11(2)15-7-6-14(10)9-12-4-3-5-13-8-12/h10-13H,3-9H2,1-2H3. The molecule has 2 aliphatic heterocycles. The smallest absolute Gasteiger partial charge is 0.0700 e. The van der Waals surface area contributed by atoms with Crippen LogP contribution in [0.5, 0.6) is 0 Å². The zero-order valence-electron chi connectivity index (χ0n) is 10.0. The molecule has 0 aromatic rings. The van der Waals surface area contributed by atoms with Crippen LogP contribution in [-0.2, 0) is 4.74 Å². The van der Waals surface area contributed by atoms with Gasteiger partial charge in [-0.25, -0.2) is 0 Å². The second kappa shape index (κ2) is 5.28. The van der Waals surface area contributed by atoms with Crippen LogP contribution in [0.2, 0.25) is 0 Å². The molecule has 0 amide bonds. The van der Waals surface area contributed by atoms with Gasteiger partial charge in [0.2, 0.25) is 0 Å². The van der Waals surface area contributed by atoms with E-state index in [0.29, 0.717) is 12.1 Å². The molecule has 0 aromatic heterocycles. The van der Waals surface area contributed by atoms with Crippen molar-refractivity contribution in [3.63, 3.8) is 0 Å². The van der Waals surface area contributed by atoms with Crippen LogP contribution in [0, 0.1) is 5.92 Å². The lowest BCUT2D eigenvalue weighted by molar-refractivity contribution is -0.0606. The van der Waals surface area contributed by atoms with Crippen LogP contribution in [0.3, 0.4) is 0 Å². The largest absolute Gasteiger partial charge is 0.376 e. The number of nitrogens with zero attached hydrogens (tertiary/aromatic N) is 1. The Morgan fingerprint density at radius 3 is 3.00 bits per heavy atom. The van der Waals surface area contributed by atoms with E-state index in [1.165, 1.54) is 32.5 Å². The van der Waals surface area contributed by atoms with E-state index in [9.17, 15) is 0 Å². The minimum atomic E-state index is 0.398. The molecule has 15 heavy (non-hydrogen) atoms. The van der Waals surface area contributed by atoms with Crippen LogP contribution >= 0.6 is 0 Å². The second-order valence-electron chi connectivity index (χ2n) is 5.02. The molecule has 2 rings (SSSR count). The van der Waals surface area contributed by atoms with Gasteiger partial charge < -0.3 is 10.1 Å². The summed E-state index contributed by atoms with van der Waals surface area (Å²) in [5.41, 5.74) is 0. The Kier molecular flexibility index (Phi) is 4.00. The predicted octanol–water partition coefficient (Wildman–Crippen LogP) is 1.10. The highest BCUT2D eigenvalue weighted by Crippen LogP contribution is 2.18. The summed E-state index contributed by atoms with van der Waals surface area (Å²) in [4.78, 5) is 2.60. The molecule has 2 fully saturated rings. The Labute approximate surface area is 93.2 Å². The molecular formula is C12H24N2O. The third kappa shape index (κ3) is 2.92. The van der Waals surface area contributed by atoms with Gasteiger partial charge in [-0.15, -0.1) is 0 Å². The Balaban J connectivity index is 1.81. The van der Waals surface area contributed by atoms with Gasteiger partial charge in [-0.05, 0) is 45.7 Å². The highest BCUT2D eigenvalue weighted by molar-refractivity contribution is 4.81. The van der Waals surface area contributed by atoms with Crippen LogP contribution in [0.1, 0.15) is 26.7 Å². The van der Waals surface area contributed by atoms with Gasteiger partial charge in [0, 0.05) is 19.1 Å². The molecule has 3 nitrogen and oxygen atoms in total. The molecule has 0 aromatic carbocycles. The maximum absolute atomic E-state index is 5.65. The minimum Gasteiger partial charge on any atom is -0.376 e. The van der Waals surface area contributed by atoms with Crippen molar-refractivity contribution < 1.29 is 4.74 Å². The SMILES string of the molecule is CC1OCCN(CC2CCCNC2)C1C. The maximum atomic E-state index is 5.65. The number of hydrogen-bond acceptors (Lipinski definition) is 3. The summed E-state index contributed by atoms with van der Waals surface area (Å²) < 4.78 is 5.65. The normalized spacial score (nSPS) is 39.2. The molecule has 0 radical (unpaired) electrons. The van der Waals surface area contributed by atoms with Gasteiger partial charge in [0.05, 0.1) is 12.7 Å². The van der Waals surface area contributed by atoms with E-state index in [-0.39, 0.29) is 0 Å². The van der Waals surface area contributed by atoms with E-state index in [0.717, 1.165) is 19.1 Å². The fraction of sp³-hybridized carbons (Fsp3) is 1.00. The third-order valence-electron chi connectivity index (χ3n) is 3.91. The van der Waals surface area contributed by atoms with E-state index in [2.05, 4.69) is 24.1 Å². The lowest BCUT2D eigenvalue weighted by Crippen LogP contribution is -2.51. The van der Waals surface area contributed by atoms with Crippen molar-refractivity contribution in [2.75, 3.05) is 32.8 Å². The lowest BCUT2D eigenvalue weighted by Gasteiger charge is -2.40. The molecule has 0 aliphatic carbocycles. The Morgan fingerprint density at radius 1 is 1.40 bits per heavy atom. The number of hydrogen-bond donors (Lipinski definition) is 1. The second-order valence-corrected chi connectivity index (χ2v) is 5.02. The molecule has 88 valence electrons. The zero-order valence-corrected chi connectivity index (χ0v) is 10.0. The minimum absolute atomic E-state index is 0.398. The topological polar surface area (TPSA) is 24.5 Å². The molecule has 3 unspecified atom stereocenters. The van der Waals surface area contributed by atoms with E-state index in [4.69, 9.17) is 4.74 Å². The van der Waals surface area contributed by atoms with E-state index in [1.54, 1.807) is 0 Å². The van der Waals surface area contributed by atoms with Gasteiger partial charge in [-0.3, -0.25) is 4.90 Å². The van der Waals surface area contributed by atoms with Crippen LogP contribution < -0.4 is 5.32 Å². The molecular weight excluding hydrogens is 188 g/mol. The highest BCUT2D eigenvalue weighted by atomic mass is 16.5. The van der Waals surface area contributed by atoms with E-state index < -0.39 is 0 Å². The number of ether oxygens (including phenoxy) is 1. The molecule has 3 atom stereocenters. The van der Waals surface area contributed by atoms with Gasteiger partial charge in [0.25, 0.3) is 0 Å². The van der Waals surface area contributed by atoms with Crippen LogP contribution in [0.4, 0.5) is 0 Å². The average Bonchev–Trinajstić information content (AvgIpc) is 2.26.